The number of piperazine rings is 1. The van der Waals surface area contributed by atoms with Crippen molar-refractivity contribution in [1.29, 1.82) is 0 Å². The summed E-state index contributed by atoms with van der Waals surface area (Å²) in [6.07, 6.45) is 5.52. The average molecular weight is 405 g/mol. The summed E-state index contributed by atoms with van der Waals surface area (Å²) in [5, 5.41) is 8.30. The Hall–Kier alpha value is -3.26. The highest BCUT2D eigenvalue weighted by atomic mass is 19.1. The van der Waals surface area contributed by atoms with Crippen LogP contribution in [0.3, 0.4) is 0 Å². The smallest absolute Gasteiger partial charge is 0.229 e. The molecule has 1 fully saturated rings. The number of pyridine rings is 1. The van der Waals surface area contributed by atoms with Gasteiger partial charge in [-0.15, -0.1) is 0 Å². The molecule has 1 aromatic carbocycles. The Bertz CT molecular complexity index is 1210. The summed E-state index contributed by atoms with van der Waals surface area (Å²) in [6.45, 7) is 7.73. The summed E-state index contributed by atoms with van der Waals surface area (Å²) in [6, 6.07) is 7.98. The van der Waals surface area contributed by atoms with Crippen molar-refractivity contribution >= 4 is 39.3 Å². The molecule has 1 aliphatic rings. The predicted molar refractivity (Wildman–Crippen MR) is 118 cm³/mol. The molecule has 4 heterocycles. The molecule has 8 heteroatoms. The number of benzene rings is 1. The van der Waals surface area contributed by atoms with Crippen LogP contribution in [0, 0.1) is 5.82 Å². The van der Waals surface area contributed by atoms with Crippen LogP contribution in [0.2, 0.25) is 0 Å². The Morgan fingerprint density at radius 3 is 2.63 bits per heavy atom. The monoisotopic (exact) mass is 405 g/mol. The molecule has 2 N–H and O–H groups in total. The summed E-state index contributed by atoms with van der Waals surface area (Å²) in [5.41, 5.74) is 2.67. The van der Waals surface area contributed by atoms with E-state index >= 15 is 0 Å². The van der Waals surface area contributed by atoms with Crippen molar-refractivity contribution < 1.29 is 4.39 Å². The molecule has 5 rings (SSSR count). The van der Waals surface area contributed by atoms with Gasteiger partial charge in [0.25, 0.3) is 0 Å². The van der Waals surface area contributed by atoms with Crippen LogP contribution in [0.1, 0.15) is 19.9 Å². The van der Waals surface area contributed by atoms with Gasteiger partial charge in [-0.2, -0.15) is 0 Å². The van der Waals surface area contributed by atoms with Crippen molar-refractivity contribution in [2.24, 2.45) is 0 Å². The van der Waals surface area contributed by atoms with Crippen LogP contribution in [-0.2, 0) is 0 Å². The van der Waals surface area contributed by atoms with Crippen molar-refractivity contribution in [2.45, 2.75) is 19.9 Å². The van der Waals surface area contributed by atoms with E-state index in [0.29, 0.717) is 12.0 Å². The summed E-state index contributed by atoms with van der Waals surface area (Å²) < 4.78 is 16.9. The fourth-order valence-electron chi connectivity index (χ4n) is 3.95. The standard InChI is InChI=1S/C22H24FN7/c1-14(2)30-8-5-15-3-4-16-12-26-22(27-19(16)20(15)30)28-21-18(23)11-17(13-25-21)29-9-6-24-7-10-29/h3-5,8,11-14,24H,6-7,9-10H2,1-2H3,(H,25,26,27,28). The fraction of sp³-hybridized carbons (Fsp3) is 0.318. The van der Waals surface area contributed by atoms with Gasteiger partial charge in [0, 0.05) is 61.5 Å². The van der Waals surface area contributed by atoms with E-state index in [0.717, 1.165) is 53.7 Å². The second-order valence-electron chi connectivity index (χ2n) is 7.84. The summed E-state index contributed by atoms with van der Waals surface area (Å²) in [4.78, 5) is 15.5. The first-order valence-electron chi connectivity index (χ1n) is 10.2. The first-order chi connectivity index (χ1) is 14.6. The lowest BCUT2D eigenvalue weighted by atomic mass is 10.2. The third kappa shape index (κ3) is 3.33. The molecule has 30 heavy (non-hydrogen) atoms. The zero-order valence-electron chi connectivity index (χ0n) is 17.1. The minimum atomic E-state index is -0.418. The molecule has 154 valence electrons. The van der Waals surface area contributed by atoms with Gasteiger partial charge in [-0.3, -0.25) is 0 Å². The second-order valence-corrected chi connectivity index (χ2v) is 7.84. The number of halogens is 1. The quantitative estimate of drug-likeness (QED) is 0.537. The number of fused-ring (bicyclic) bond motifs is 3. The molecule has 7 nitrogen and oxygen atoms in total. The molecule has 0 unspecified atom stereocenters. The van der Waals surface area contributed by atoms with Gasteiger partial charge in [0.1, 0.15) is 5.52 Å². The molecule has 0 saturated carbocycles. The van der Waals surface area contributed by atoms with E-state index < -0.39 is 5.82 Å². The van der Waals surface area contributed by atoms with E-state index in [1.807, 2.05) is 6.07 Å². The van der Waals surface area contributed by atoms with Crippen molar-refractivity contribution in [3.8, 4) is 0 Å². The van der Waals surface area contributed by atoms with E-state index in [2.05, 4.69) is 62.2 Å². The van der Waals surface area contributed by atoms with Crippen LogP contribution in [0.15, 0.2) is 42.9 Å². The Kier molecular flexibility index (Phi) is 4.71. The highest BCUT2D eigenvalue weighted by molar-refractivity contribution is 6.03. The molecule has 1 aliphatic heterocycles. The zero-order chi connectivity index (χ0) is 20.7. The molecule has 1 saturated heterocycles. The zero-order valence-corrected chi connectivity index (χ0v) is 17.1. The van der Waals surface area contributed by atoms with Crippen molar-refractivity contribution in [3.63, 3.8) is 0 Å². The molecule has 0 bridgehead atoms. The van der Waals surface area contributed by atoms with Crippen LogP contribution in [0.4, 0.5) is 21.8 Å². The van der Waals surface area contributed by atoms with Gasteiger partial charge < -0.3 is 20.1 Å². The molecule has 4 aromatic rings. The van der Waals surface area contributed by atoms with Gasteiger partial charge in [0.15, 0.2) is 11.6 Å². The number of hydrogen-bond donors (Lipinski definition) is 2. The van der Waals surface area contributed by atoms with Gasteiger partial charge in [0.2, 0.25) is 5.95 Å². The molecular weight excluding hydrogens is 381 g/mol. The lowest BCUT2D eigenvalue weighted by Gasteiger charge is -2.29. The van der Waals surface area contributed by atoms with Crippen LogP contribution in [0.5, 0.6) is 0 Å². The topological polar surface area (TPSA) is 70.9 Å². The Labute approximate surface area is 174 Å². The number of nitrogens with zero attached hydrogens (tertiary/aromatic N) is 5. The van der Waals surface area contributed by atoms with Crippen LogP contribution in [0.25, 0.3) is 21.8 Å². The minimum Gasteiger partial charge on any atom is -0.368 e. The van der Waals surface area contributed by atoms with E-state index in [1.54, 1.807) is 12.4 Å². The molecule has 0 atom stereocenters. The largest absolute Gasteiger partial charge is 0.368 e. The van der Waals surface area contributed by atoms with Gasteiger partial charge in [-0.05, 0) is 19.9 Å². The van der Waals surface area contributed by atoms with Crippen LogP contribution >= 0.6 is 0 Å². The first kappa shape index (κ1) is 18.7. The molecule has 0 radical (unpaired) electrons. The van der Waals surface area contributed by atoms with E-state index in [-0.39, 0.29) is 5.82 Å². The SMILES string of the molecule is CC(C)n1ccc2ccc3cnc(Nc4ncc(N5CCNCC5)cc4F)nc3c21. The lowest BCUT2D eigenvalue weighted by molar-refractivity contribution is 0.583. The predicted octanol–water partition coefficient (Wildman–Crippen LogP) is 3.85. The molecule has 0 amide bonds. The highest BCUT2D eigenvalue weighted by Gasteiger charge is 2.15. The highest BCUT2D eigenvalue weighted by Crippen LogP contribution is 2.28. The first-order valence-corrected chi connectivity index (χ1v) is 10.2. The lowest BCUT2D eigenvalue weighted by Crippen LogP contribution is -2.43. The third-order valence-corrected chi connectivity index (χ3v) is 5.53. The molecule has 0 spiro atoms. The Morgan fingerprint density at radius 1 is 1.07 bits per heavy atom. The summed E-state index contributed by atoms with van der Waals surface area (Å²) in [7, 11) is 0. The van der Waals surface area contributed by atoms with E-state index in [9.17, 15) is 4.39 Å². The summed E-state index contributed by atoms with van der Waals surface area (Å²) in [5.74, 6) is 0.0333. The van der Waals surface area contributed by atoms with Crippen molar-refractivity contribution in [1.82, 2.24) is 24.8 Å². The number of rotatable bonds is 4. The number of anilines is 3. The Balaban J connectivity index is 1.49. The molecular formula is C22H24FN7. The third-order valence-electron chi connectivity index (χ3n) is 5.53. The average Bonchev–Trinajstić information content (AvgIpc) is 3.21. The van der Waals surface area contributed by atoms with Crippen molar-refractivity contribution in [2.75, 3.05) is 36.4 Å². The Morgan fingerprint density at radius 2 is 1.87 bits per heavy atom. The number of aromatic nitrogens is 4. The van der Waals surface area contributed by atoms with Gasteiger partial charge in [0.05, 0.1) is 17.4 Å². The maximum Gasteiger partial charge on any atom is 0.229 e. The normalized spacial score (nSPS) is 14.7. The second kappa shape index (κ2) is 7.53. The van der Waals surface area contributed by atoms with E-state index in [4.69, 9.17) is 4.98 Å². The van der Waals surface area contributed by atoms with Gasteiger partial charge >= 0.3 is 0 Å². The maximum absolute atomic E-state index is 14.8. The van der Waals surface area contributed by atoms with Gasteiger partial charge in [-0.25, -0.2) is 19.3 Å². The minimum absolute atomic E-state index is 0.125. The van der Waals surface area contributed by atoms with Crippen LogP contribution in [-0.4, -0.2) is 45.7 Å². The number of nitrogens with one attached hydrogen (secondary N) is 2. The maximum atomic E-state index is 14.8. The van der Waals surface area contributed by atoms with Gasteiger partial charge in [-0.1, -0.05) is 12.1 Å². The van der Waals surface area contributed by atoms with Crippen molar-refractivity contribution in [3.05, 3.63) is 48.7 Å². The molecule has 3 aromatic heterocycles. The van der Waals surface area contributed by atoms with E-state index in [1.165, 1.54) is 6.07 Å². The van der Waals surface area contributed by atoms with Crippen LogP contribution < -0.4 is 15.5 Å². The fourth-order valence-corrected chi connectivity index (χ4v) is 3.95. The number of hydrogen-bond acceptors (Lipinski definition) is 6. The summed E-state index contributed by atoms with van der Waals surface area (Å²) >= 11 is 0. The molecule has 0 aliphatic carbocycles.